The Balaban J connectivity index is 1.54. The third kappa shape index (κ3) is 4.12. The van der Waals surface area contributed by atoms with Crippen LogP contribution >= 0.6 is 11.6 Å². The molecule has 2 N–H and O–H groups in total. The molecule has 2 aliphatic rings. The van der Waals surface area contributed by atoms with Crippen LogP contribution in [-0.2, 0) is 9.47 Å². The topological polar surface area (TPSA) is 68.8 Å². The van der Waals surface area contributed by atoms with Crippen LogP contribution in [0.5, 0.6) is 5.75 Å². The van der Waals surface area contributed by atoms with Gasteiger partial charge in [0.25, 0.3) is 0 Å². The monoisotopic (exact) mass is 354 g/mol. The summed E-state index contributed by atoms with van der Waals surface area (Å²) in [5.74, 6) is 0.609. The van der Waals surface area contributed by atoms with Gasteiger partial charge in [0.05, 0.1) is 23.8 Å². The molecular weight excluding hydrogens is 332 g/mol. The van der Waals surface area contributed by atoms with E-state index < -0.39 is 0 Å². The average molecular weight is 355 g/mol. The van der Waals surface area contributed by atoms with Crippen molar-refractivity contribution in [2.45, 2.75) is 37.8 Å². The molecule has 1 spiro atoms. The van der Waals surface area contributed by atoms with Crippen molar-refractivity contribution >= 4 is 23.3 Å². The van der Waals surface area contributed by atoms with Gasteiger partial charge in [-0.25, -0.2) is 4.79 Å². The lowest BCUT2D eigenvalue weighted by molar-refractivity contribution is -0.0877. The van der Waals surface area contributed by atoms with Gasteiger partial charge in [0.2, 0.25) is 0 Å². The molecule has 0 aliphatic carbocycles. The predicted octanol–water partition coefficient (Wildman–Crippen LogP) is 3.20. The molecule has 2 aliphatic heterocycles. The zero-order valence-electron chi connectivity index (χ0n) is 13.8. The van der Waals surface area contributed by atoms with Crippen LogP contribution in [0.3, 0.4) is 0 Å². The van der Waals surface area contributed by atoms with Crippen molar-refractivity contribution in [2.75, 3.05) is 31.7 Å². The molecule has 132 valence electrons. The van der Waals surface area contributed by atoms with Gasteiger partial charge >= 0.3 is 6.03 Å². The first-order valence-electron chi connectivity index (χ1n) is 8.32. The van der Waals surface area contributed by atoms with E-state index >= 15 is 0 Å². The summed E-state index contributed by atoms with van der Waals surface area (Å²) < 4.78 is 16.7. The molecule has 0 unspecified atom stereocenters. The molecule has 1 aromatic carbocycles. The van der Waals surface area contributed by atoms with Gasteiger partial charge in [-0.15, -0.1) is 0 Å². The maximum absolute atomic E-state index is 12.2. The molecule has 24 heavy (non-hydrogen) atoms. The minimum Gasteiger partial charge on any atom is -0.492 e. The fourth-order valence-corrected chi connectivity index (χ4v) is 3.45. The van der Waals surface area contributed by atoms with E-state index in [1.807, 2.05) is 6.92 Å². The summed E-state index contributed by atoms with van der Waals surface area (Å²) in [5.41, 5.74) is 0.408. The number of rotatable bonds is 4. The summed E-state index contributed by atoms with van der Waals surface area (Å²) in [5, 5.41) is 6.31. The fourth-order valence-electron chi connectivity index (χ4n) is 3.22. The molecule has 0 bridgehead atoms. The van der Waals surface area contributed by atoms with Crippen LogP contribution in [0, 0.1) is 0 Å². The van der Waals surface area contributed by atoms with Crippen LogP contribution in [0.2, 0.25) is 5.02 Å². The number of carbonyl (C=O) groups is 1. The SMILES string of the molecule is CCOc1ccc(NC(=O)N[C@H]2CCO[C@@]3(CCOC3)C2)cc1Cl. The first-order chi connectivity index (χ1) is 11.6. The molecule has 6 nitrogen and oxygen atoms in total. The molecule has 0 radical (unpaired) electrons. The van der Waals surface area contributed by atoms with Crippen molar-refractivity contribution in [3.63, 3.8) is 0 Å². The predicted molar refractivity (Wildman–Crippen MR) is 91.9 cm³/mol. The highest BCUT2D eigenvalue weighted by Crippen LogP contribution is 2.33. The summed E-state index contributed by atoms with van der Waals surface area (Å²) >= 11 is 6.14. The molecule has 2 saturated heterocycles. The number of hydrogen-bond acceptors (Lipinski definition) is 4. The highest BCUT2D eigenvalue weighted by molar-refractivity contribution is 6.32. The number of amides is 2. The molecule has 1 aromatic rings. The van der Waals surface area contributed by atoms with Crippen molar-refractivity contribution < 1.29 is 19.0 Å². The van der Waals surface area contributed by atoms with E-state index in [0.717, 1.165) is 25.9 Å². The quantitative estimate of drug-likeness (QED) is 0.871. The van der Waals surface area contributed by atoms with E-state index in [2.05, 4.69) is 10.6 Å². The molecule has 0 aromatic heterocycles. The molecular formula is C17H23ClN2O4. The molecule has 2 amide bonds. The number of carbonyl (C=O) groups excluding carboxylic acids is 1. The van der Waals surface area contributed by atoms with Crippen LogP contribution in [0.4, 0.5) is 10.5 Å². The number of nitrogens with one attached hydrogen (secondary N) is 2. The van der Waals surface area contributed by atoms with Gasteiger partial charge in [0, 0.05) is 31.4 Å². The van der Waals surface area contributed by atoms with Crippen LogP contribution in [0.25, 0.3) is 0 Å². The number of halogens is 1. The number of ether oxygens (including phenoxy) is 3. The summed E-state index contributed by atoms with van der Waals surface area (Å²) in [6.45, 7) is 4.42. The lowest BCUT2D eigenvalue weighted by Crippen LogP contribution is -2.49. The summed E-state index contributed by atoms with van der Waals surface area (Å²) in [6, 6.07) is 5.05. The first kappa shape index (κ1) is 17.3. The van der Waals surface area contributed by atoms with E-state index in [-0.39, 0.29) is 17.7 Å². The van der Waals surface area contributed by atoms with E-state index in [1.54, 1.807) is 18.2 Å². The van der Waals surface area contributed by atoms with Crippen LogP contribution in [0.15, 0.2) is 18.2 Å². The molecule has 0 saturated carbocycles. The van der Waals surface area contributed by atoms with Gasteiger partial charge in [0.15, 0.2) is 0 Å². The number of urea groups is 1. The number of anilines is 1. The van der Waals surface area contributed by atoms with Gasteiger partial charge in [-0.3, -0.25) is 0 Å². The maximum atomic E-state index is 12.2. The Morgan fingerprint density at radius 1 is 1.46 bits per heavy atom. The van der Waals surface area contributed by atoms with Crippen molar-refractivity contribution in [1.29, 1.82) is 0 Å². The molecule has 2 atom stereocenters. The summed E-state index contributed by atoms with van der Waals surface area (Å²) in [7, 11) is 0. The van der Waals surface area contributed by atoms with E-state index in [1.165, 1.54) is 0 Å². The zero-order chi connectivity index (χ0) is 17.0. The highest BCUT2D eigenvalue weighted by atomic mass is 35.5. The van der Waals surface area contributed by atoms with Gasteiger partial charge in [-0.2, -0.15) is 0 Å². The Kier molecular flexibility index (Phi) is 5.48. The second-order valence-corrected chi connectivity index (χ2v) is 6.61. The second-order valence-electron chi connectivity index (χ2n) is 6.20. The van der Waals surface area contributed by atoms with E-state index in [9.17, 15) is 4.79 Å². The third-order valence-electron chi connectivity index (χ3n) is 4.38. The molecule has 7 heteroatoms. The Hall–Kier alpha value is -1.50. The van der Waals surface area contributed by atoms with Crippen LogP contribution in [0.1, 0.15) is 26.2 Å². The first-order valence-corrected chi connectivity index (χ1v) is 8.69. The van der Waals surface area contributed by atoms with Crippen molar-refractivity contribution in [1.82, 2.24) is 5.32 Å². The standard InChI is InChI=1S/C17H23ClN2O4/c1-2-23-15-4-3-12(9-14(15)18)19-16(21)20-13-5-7-24-17(10-13)6-8-22-11-17/h3-4,9,13H,2,5-8,10-11H2,1H3,(H2,19,20,21)/t13-,17-/m0/s1. The van der Waals surface area contributed by atoms with Crippen molar-refractivity contribution in [2.24, 2.45) is 0 Å². The Morgan fingerprint density at radius 2 is 2.33 bits per heavy atom. The minimum atomic E-state index is -0.240. The smallest absolute Gasteiger partial charge is 0.319 e. The molecule has 2 fully saturated rings. The number of hydrogen-bond donors (Lipinski definition) is 2. The van der Waals surface area contributed by atoms with Crippen molar-refractivity contribution in [3.05, 3.63) is 23.2 Å². The Bertz CT molecular complexity index is 590. The Morgan fingerprint density at radius 3 is 3.04 bits per heavy atom. The summed E-state index contributed by atoms with van der Waals surface area (Å²) in [4.78, 5) is 12.2. The van der Waals surface area contributed by atoms with Crippen LogP contribution < -0.4 is 15.4 Å². The minimum absolute atomic E-state index is 0.0821. The van der Waals surface area contributed by atoms with Gasteiger partial charge in [-0.1, -0.05) is 11.6 Å². The molecule has 3 rings (SSSR count). The van der Waals surface area contributed by atoms with E-state index in [4.69, 9.17) is 25.8 Å². The lowest BCUT2D eigenvalue weighted by Gasteiger charge is -2.37. The van der Waals surface area contributed by atoms with Gasteiger partial charge in [0.1, 0.15) is 5.75 Å². The molecule has 2 heterocycles. The lowest BCUT2D eigenvalue weighted by atomic mass is 9.90. The fraction of sp³-hybridized carbons (Fsp3) is 0.588. The second kappa shape index (κ2) is 7.59. The van der Waals surface area contributed by atoms with Gasteiger partial charge in [-0.05, 0) is 38.0 Å². The maximum Gasteiger partial charge on any atom is 0.319 e. The highest BCUT2D eigenvalue weighted by Gasteiger charge is 2.41. The Labute approximate surface area is 146 Å². The normalized spacial score (nSPS) is 26.3. The van der Waals surface area contributed by atoms with E-state index in [0.29, 0.717) is 36.3 Å². The third-order valence-corrected chi connectivity index (χ3v) is 4.68. The zero-order valence-corrected chi connectivity index (χ0v) is 14.5. The number of benzene rings is 1. The average Bonchev–Trinajstić information content (AvgIpc) is 2.98. The van der Waals surface area contributed by atoms with Crippen LogP contribution in [-0.4, -0.2) is 44.1 Å². The summed E-state index contributed by atoms with van der Waals surface area (Å²) in [6.07, 6.45) is 2.48. The van der Waals surface area contributed by atoms with Crippen molar-refractivity contribution in [3.8, 4) is 5.75 Å². The largest absolute Gasteiger partial charge is 0.492 e. The van der Waals surface area contributed by atoms with Gasteiger partial charge < -0.3 is 24.8 Å².